The smallest absolute Gasteiger partial charge is 0.289 e. The van der Waals surface area contributed by atoms with Crippen LogP contribution in [-0.4, -0.2) is 29.2 Å². The van der Waals surface area contributed by atoms with Crippen LogP contribution >= 0.6 is 49.2 Å². The van der Waals surface area contributed by atoms with Gasteiger partial charge in [-0.2, -0.15) is 13.2 Å². The van der Waals surface area contributed by atoms with Gasteiger partial charge in [0, 0.05) is 25.0 Å². The first-order valence-electron chi connectivity index (χ1n) is 12.3. The maximum absolute atomic E-state index is 13.9. The van der Waals surface area contributed by atoms with Crippen LogP contribution in [0, 0.1) is 0 Å². The standard InChI is InChI=1S/C28H34BrCl2F3OS/c1-4-7-12-36(13-8-5-2,14-9-6-3)27-11-10-20(17-25(27)29)26(35)19-24(28(32,33)34)21-15-22(30)18-23(31)16-21/h10-11,15-19H,4-9,12-14H2,1-3H3/b24-19+. The van der Waals surface area contributed by atoms with Crippen molar-refractivity contribution in [2.75, 3.05) is 17.3 Å². The van der Waals surface area contributed by atoms with E-state index in [1.54, 1.807) is 12.1 Å². The maximum Gasteiger partial charge on any atom is 0.417 e. The molecule has 0 N–H and O–H groups in total. The highest BCUT2D eigenvalue weighted by atomic mass is 79.9. The van der Waals surface area contributed by atoms with Crippen LogP contribution in [0.5, 0.6) is 0 Å². The zero-order chi connectivity index (χ0) is 26.9. The van der Waals surface area contributed by atoms with Gasteiger partial charge in [0.05, 0.1) is 5.57 Å². The van der Waals surface area contributed by atoms with Crippen LogP contribution in [0.3, 0.4) is 0 Å². The van der Waals surface area contributed by atoms with Crippen molar-refractivity contribution < 1.29 is 18.0 Å². The number of allylic oxidation sites excluding steroid dienone is 2. The van der Waals surface area contributed by atoms with Gasteiger partial charge in [-0.15, -0.1) is 0 Å². The summed E-state index contributed by atoms with van der Waals surface area (Å²) in [5.41, 5.74) is -1.12. The van der Waals surface area contributed by atoms with Crippen molar-refractivity contribution in [3.63, 3.8) is 0 Å². The average Bonchev–Trinajstić information content (AvgIpc) is 2.81. The van der Waals surface area contributed by atoms with Crippen molar-refractivity contribution in [2.45, 2.75) is 70.4 Å². The van der Waals surface area contributed by atoms with Crippen molar-refractivity contribution >= 4 is 60.5 Å². The Morgan fingerprint density at radius 3 is 1.78 bits per heavy atom. The van der Waals surface area contributed by atoms with Gasteiger partial charge in [0.1, 0.15) is 0 Å². The van der Waals surface area contributed by atoms with E-state index in [9.17, 15) is 18.0 Å². The van der Waals surface area contributed by atoms with E-state index in [-0.39, 0.29) is 21.2 Å². The predicted molar refractivity (Wildman–Crippen MR) is 154 cm³/mol. The van der Waals surface area contributed by atoms with Crippen LogP contribution in [0.1, 0.15) is 75.2 Å². The molecule has 0 amide bonds. The number of benzene rings is 2. The van der Waals surface area contributed by atoms with E-state index < -0.39 is 27.6 Å². The summed E-state index contributed by atoms with van der Waals surface area (Å²) in [4.78, 5) is 14.2. The Labute approximate surface area is 233 Å². The van der Waals surface area contributed by atoms with E-state index in [0.717, 1.165) is 72.4 Å². The summed E-state index contributed by atoms with van der Waals surface area (Å²) in [5, 5.41) is 0.135. The molecule has 0 aliphatic rings. The highest BCUT2D eigenvalue weighted by Crippen LogP contribution is 2.60. The van der Waals surface area contributed by atoms with Gasteiger partial charge in [-0.1, -0.05) is 63.2 Å². The van der Waals surface area contributed by atoms with Gasteiger partial charge >= 0.3 is 6.18 Å². The Bertz CT molecular complexity index is 1030. The molecule has 1 nitrogen and oxygen atoms in total. The molecule has 0 unspecified atom stereocenters. The van der Waals surface area contributed by atoms with E-state index in [1.165, 1.54) is 11.0 Å². The van der Waals surface area contributed by atoms with Gasteiger partial charge in [-0.3, -0.25) is 4.79 Å². The lowest BCUT2D eigenvalue weighted by Gasteiger charge is -2.42. The molecule has 2 aromatic carbocycles. The number of rotatable bonds is 13. The summed E-state index contributed by atoms with van der Waals surface area (Å²) in [6.45, 7) is 6.58. The van der Waals surface area contributed by atoms with Crippen molar-refractivity contribution in [3.8, 4) is 0 Å². The quantitative estimate of drug-likeness (QED) is 0.160. The summed E-state index contributed by atoms with van der Waals surface area (Å²) in [6, 6.07) is 8.98. The van der Waals surface area contributed by atoms with Gasteiger partial charge in [0.15, 0.2) is 5.78 Å². The average molecular weight is 626 g/mol. The molecule has 200 valence electrons. The van der Waals surface area contributed by atoms with E-state index in [2.05, 4.69) is 36.7 Å². The van der Waals surface area contributed by atoms with Crippen LogP contribution in [0.25, 0.3) is 5.57 Å². The molecule has 0 saturated carbocycles. The third-order valence-corrected chi connectivity index (χ3v) is 12.0. The van der Waals surface area contributed by atoms with E-state index in [4.69, 9.17) is 23.2 Å². The fraction of sp³-hybridized carbons (Fsp3) is 0.464. The second-order valence-electron chi connectivity index (χ2n) is 8.94. The molecule has 0 saturated heterocycles. The lowest BCUT2D eigenvalue weighted by Crippen LogP contribution is -2.16. The Hall–Kier alpha value is -0.950. The molecule has 2 aromatic rings. The molecule has 0 aliphatic carbocycles. The number of unbranched alkanes of at least 4 members (excludes halogenated alkanes) is 3. The highest BCUT2D eigenvalue weighted by Gasteiger charge is 2.36. The summed E-state index contributed by atoms with van der Waals surface area (Å²) < 4.78 is 42.5. The number of carbonyl (C=O) groups is 1. The fourth-order valence-electron chi connectivity index (χ4n) is 4.16. The van der Waals surface area contributed by atoms with Crippen LogP contribution in [-0.2, 0) is 0 Å². The van der Waals surface area contributed by atoms with Crippen molar-refractivity contribution in [2.24, 2.45) is 0 Å². The van der Waals surface area contributed by atoms with Gasteiger partial charge in [-0.05, 0) is 100 Å². The Kier molecular flexibility index (Phi) is 12.4. The second-order valence-corrected chi connectivity index (χ2v) is 14.4. The monoisotopic (exact) mass is 624 g/mol. The maximum atomic E-state index is 13.9. The Morgan fingerprint density at radius 1 is 0.861 bits per heavy atom. The minimum Gasteiger partial charge on any atom is -0.289 e. The molecule has 0 aliphatic heterocycles. The van der Waals surface area contributed by atoms with Gasteiger partial charge in [-0.25, -0.2) is 10.0 Å². The van der Waals surface area contributed by atoms with Crippen molar-refractivity contribution in [1.82, 2.24) is 0 Å². The highest BCUT2D eigenvalue weighted by molar-refractivity contribution is 9.10. The molecule has 0 fully saturated rings. The summed E-state index contributed by atoms with van der Waals surface area (Å²) in [6.07, 6.45) is 2.62. The lowest BCUT2D eigenvalue weighted by molar-refractivity contribution is -0.0689. The first kappa shape index (κ1) is 31.3. The van der Waals surface area contributed by atoms with Gasteiger partial charge in [0.25, 0.3) is 0 Å². The van der Waals surface area contributed by atoms with Crippen LogP contribution in [0.15, 0.2) is 51.8 Å². The summed E-state index contributed by atoms with van der Waals surface area (Å²) in [7, 11) is -1.12. The van der Waals surface area contributed by atoms with Crippen molar-refractivity contribution in [1.29, 1.82) is 0 Å². The minimum absolute atomic E-state index is 0.0674. The topological polar surface area (TPSA) is 17.1 Å². The molecule has 0 atom stereocenters. The number of hydrogen-bond acceptors (Lipinski definition) is 1. The number of halogens is 6. The third-order valence-electron chi connectivity index (χ3n) is 6.10. The molecular weight excluding hydrogens is 592 g/mol. The summed E-state index contributed by atoms with van der Waals surface area (Å²) >= 11 is 15.5. The SMILES string of the molecule is CCCCS(CCCC)(CCCC)c1ccc(C(=O)/C=C(\c2cc(Cl)cc(Cl)c2)C(F)(F)F)cc1Br. The van der Waals surface area contributed by atoms with E-state index >= 15 is 0 Å². The molecule has 0 radical (unpaired) electrons. The predicted octanol–water partition coefficient (Wildman–Crippen LogP) is 11.1. The molecular formula is C28H34BrCl2F3OS. The van der Waals surface area contributed by atoms with Crippen molar-refractivity contribution in [3.05, 3.63) is 68.1 Å². The molecule has 0 spiro atoms. The van der Waals surface area contributed by atoms with Crippen LogP contribution < -0.4 is 0 Å². The van der Waals surface area contributed by atoms with Gasteiger partial charge < -0.3 is 0 Å². The lowest BCUT2D eigenvalue weighted by atomic mass is 10.0. The Balaban J connectivity index is 2.52. The first-order valence-corrected chi connectivity index (χ1v) is 16.0. The first-order chi connectivity index (χ1) is 17.0. The Morgan fingerprint density at radius 2 is 1.36 bits per heavy atom. The fourth-order valence-corrected chi connectivity index (χ4v) is 10.7. The summed E-state index contributed by atoms with van der Waals surface area (Å²) in [5.74, 6) is 2.66. The third kappa shape index (κ3) is 8.54. The van der Waals surface area contributed by atoms with E-state index in [1.807, 2.05) is 6.07 Å². The zero-order valence-corrected chi connectivity index (χ0v) is 24.9. The largest absolute Gasteiger partial charge is 0.417 e. The van der Waals surface area contributed by atoms with Gasteiger partial charge in [0.2, 0.25) is 0 Å². The number of ketones is 1. The molecule has 0 heterocycles. The molecule has 0 aromatic heterocycles. The van der Waals surface area contributed by atoms with Crippen LogP contribution in [0.4, 0.5) is 13.2 Å². The van der Waals surface area contributed by atoms with Crippen LogP contribution in [0.2, 0.25) is 10.0 Å². The number of carbonyl (C=O) groups excluding carboxylic acids is 1. The minimum atomic E-state index is -4.75. The molecule has 36 heavy (non-hydrogen) atoms. The zero-order valence-electron chi connectivity index (χ0n) is 21.0. The molecule has 0 bridgehead atoms. The number of hydrogen-bond donors (Lipinski definition) is 0. The second kappa shape index (κ2) is 14.3. The molecule has 2 rings (SSSR count). The van der Waals surface area contributed by atoms with E-state index in [0.29, 0.717) is 6.08 Å². The molecule has 8 heteroatoms. The number of alkyl halides is 3. The normalized spacial score (nSPS) is 13.2.